The zero-order valence-corrected chi connectivity index (χ0v) is 20.3. The van der Waals surface area contributed by atoms with Crippen LogP contribution in [0.3, 0.4) is 0 Å². The van der Waals surface area contributed by atoms with Crippen LogP contribution >= 0.6 is 0 Å². The summed E-state index contributed by atoms with van der Waals surface area (Å²) in [5, 5.41) is 10.4. The van der Waals surface area contributed by atoms with E-state index in [1.54, 1.807) is 11.7 Å². The van der Waals surface area contributed by atoms with Crippen LogP contribution in [0.4, 0.5) is 5.69 Å². The molecule has 9 heteroatoms. The van der Waals surface area contributed by atoms with Crippen molar-refractivity contribution in [2.45, 2.75) is 18.6 Å². The molecule has 2 aliphatic rings. The van der Waals surface area contributed by atoms with Crippen molar-refractivity contribution >= 4 is 28.4 Å². The first-order valence-electron chi connectivity index (χ1n) is 12.3. The molecule has 0 radical (unpaired) electrons. The number of carbonyl (C=O) groups excluding carboxylic acids is 2. The van der Waals surface area contributed by atoms with Gasteiger partial charge in [-0.05, 0) is 43.8 Å². The fourth-order valence-electron chi connectivity index (χ4n) is 5.37. The molecule has 3 unspecified atom stereocenters. The molecule has 2 amide bonds. The molecule has 3 aromatic rings. The maximum Gasteiger partial charge on any atom is 0.248 e. The Bertz CT molecular complexity index is 1210. The maximum atomic E-state index is 13.6. The average molecular weight is 490 g/mol. The van der Waals surface area contributed by atoms with E-state index in [0.29, 0.717) is 31.8 Å². The van der Waals surface area contributed by atoms with Crippen molar-refractivity contribution in [2.24, 2.45) is 5.92 Å². The van der Waals surface area contributed by atoms with Crippen LogP contribution in [0, 0.1) is 5.92 Å². The van der Waals surface area contributed by atoms with Crippen LogP contribution in [0.15, 0.2) is 66.9 Å². The quantitative estimate of drug-likeness (QED) is 0.419. The van der Waals surface area contributed by atoms with Gasteiger partial charge in [-0.15, -0.1) is 0 Å². The number of likely N-dealkylation sites (N-methyl/N-ethyl adjacent to an activating group) is 1. The first kappa shape index (κ1) is 24.0. The normalized spacial score (nSPS) is 22.9. The number of likely N-dealkylation sites (tertiary alicyclic amines) is 1. The molecule has 36 heavy (non-hydrogen) atoms. The highest BCUT2D eigenvalue weighted by Gasteiger charge is 2.45. The largest absolute Gasteiger partial charge is 0.488 e. The van der Waals surface area contributed by atoms with Crippen LogP contribution < -0.4 is 15.1 Å². The summed E-state index contributed by atoms with van der Waals surface area (Å²) in [6.07, 6.45) is 1.68. The molecule has 0 aliphatic carbocycles. The van der Waals surface area contributed by atoms with Gasteiger partial charge in [0.05, 0.1) is 11.4 Å². The van der Waals surface area contributed by atoms with Crippen molar-refractivity contribution in [3.05, 3.63) is 66.9 Å². The minimum absolute atomic E-state index is 0.0911. The second-order valence-electron chi connectivity index (χ2n) is 9.42. The molecule has 2 N–H and O–H groups in total. The lowest BCUT2D eigenvalue weighted by molar-refractivity contribution is -0.151. The minimum atomic E-state index is -0.744. The molecule has 0 spiro atoms. The SMILES string of the molecule is CN1CC(Oc2ccnc3ccccc23)CC(C(=O)NO)C1C(=O)N1CCN(c2ccccc2)CC1. The van der Waals surface area contributed by atoms with Gasteiger partial charge in [0.1, 0.15) is 17.9 Å². The molecule has 9 nitrogen and oxygen atoms in total. The third-order valence-corrected chi connectivity index (χ3v) is 7.18. The fourth-order valence-corrected chi connectivity index (χ4v) is 5.37. The lowest BCUT2D eigenvalue weighted by atomic mass is 9.86. The van der Waals surface area contributed by atoms with E-state index in [-0.39, 0.29) is 12.0 Å². The first-order chi connectivity index (χ1) is 17.5. The van der Waals surface area contributed by atoms with Gasteiger partial charge in [0, 0.05) is 50.0 Å². The highest BCUT2D eigenvalue weighted by molar-refractivity contribution is 5.90. The number of piperazine rings is 1. The van der Waals surface area contributed by atoms with Gasteiger partial charge in [-0.25, -0.2) is 5.48 Å². The van der Waals surface area contributed by atoms with E-state index in [0.717, 1.165) is 29.7 Å². The van der Waals surface area contributed by atoms with Gasteiger partial charge in [-0.3, -0.25) is 24.7 Å². The van der Waals surface area contributed by atoms with E-state index in [1.807, 2.05) is 65.4 Å². The number of aromatic nitrogens is 1. The second kappa shape index (κ2) is 10.5. The van der Waals surface area contributed by atoms with E-state index in [2.05, 4.69) is 22.0 Å². The van der Waals surface area contributed by atoms with Crippen LogP contribution in [0.25, 0.3) is 10.9 Å². The monoisotopic (exact) mass is 489 g/mol. The van der Waals surface area contributed by atoms with Gasteiger partial charge in [0.25, 0.3) is 0 Å². The predicted molar refractivity (Wildman–Crippen MR) is 136 cm³/mol. The third-order valence-electron chi connectivity index (χ3n) is 7.18. The summed E-state index contributed by atoms with van der Waals surface area (Å²) in [6.45, 7) is 3.09. The van der Waals surface area contributed by atoms with E-state index >= 15 is 0 Å². The number of piperidine rings is 1. The Balaban J connectivity index is 1.29. The number of benzene rings is 2. The van der Waals surface area contributed by atoms with Gasteiger partial charge in [-0.2, -0.15) is 0 Å². The molecule has 2 saturated heterocycles. The number of hydroxylamine groups is 1. The third kappa shape index (κ3) is 4.84. The minimum Gasteiger partial charge on any atom is -0.488 e. The standard InChI is InChI=1S/C27H31N5O4/c1-30-18-20(36-24-11-12-28-23-10-6-5-9-21(23)24)17-22(26(33)29-35)25(30)27(34)32-15-13-31(14-16-32)19-7-3-2-4-8-19/h2-12,20,22,25,35H,13-18H2,1H3,(H,29,33). The number of fused-ring (bicyclic) bond motifs is 1. The van der Waals surface area contributed by atoms with Gasteiger partial charge < -0.3 is 14.5 Å². The number of hydrogen-bond donors (Lipinski definition) is 2. The van der Waals surface area contributed by atoms with Crippen molar-refractivity contribution in [1.29, 1.82) is 0 Å². The Morgan fingerprint density at radius 3 is 2.47 bits per heavy atom. The Labute approximate surface area is 210 Å². The smallest absolute Gasteiger partial charge is 0.248 e. The fraction of sp³-hybridized carbons (Fsp3) is 0.370. The van der Waals surface area contributed by atoms with E-state index in [9.17, 15) is 14.8 Å². The molecule has 0 bridgehead atoms. The van der Waals surface area contributed by atoms with E-state index < -0.39 is 17.9 Å². The number of para-hydroxylation sites is 2. The van der Waals surface area contributed by atoms with Crippen molar-refractivity contribution < 1.29 is 19.5 Å². The molecule has 188 valence electrons. The Kier molecular flexibility index (Phi) is 7.02. The average Bonchev–Trinajstić information content (AvgIpc) is 2.93. The summed E-state index contributed by atoms with van der Waals surface area (Å²) in [5.41, 5.74) is 3.74. The number of ether oxygens (including phenoxy) is 1. The van der Waals surface area contributed by atoms with E-state index in [4.69, 9.17) is 4.74 Å². The van der Waals surface area contributed by atoms with Crippen LogP contribution in [-0.4, -0.2) is 83.7 Å². The van der Waals surface area contributed by atoms with Crippen LogP contribution in [0.1, 0.15) is 6.42 Å². The molecule has 3 atom stereocenters. The topological polar surface area (TPSA) is 98.2 Å². The number of carbonyl (C=O) groups is 2. The Morgan fingerprint density at radius 1 is 1.00 bits per heavy atom. The summed E-state index contributed by atoms with van der Waals surface area (Å²) < 4.78 is 6.33. The highest BCUT2D eigenvalue weighted by Crippen LogP contribution is 2.31. The summed E-state index contributed by atoms with van der Waals surface area (Å²) in [7, 11) is 1.83. The zero-order chi connectivity index (χ0) is 25.1. The predicted octanol–water partition coefficient (Wildman–Crippen LogP) is 2.16. The number of anilines is 1. The van der Waals surface area contributed by atoms with Gasteiger partial charge in [0.2, 0.25) is 11.8 Å². The number of rotatable bonds is 5. The summed E-state index contributed by atoms with van der Waals surface area (Å²) in [5.74, 6) is -0.724. The highest BCUT2D eigenvalue weighted by atomic mass is 16.5. The second-order valence-corrected chi connectivity index (χ2v) is 9.42. The maximum absolute atomic E-state index is 13.6. The summed E-state index contributed by atoms with van der Waals surface area (Å²) >= 11 is 0. The number of hydrogen-bond acceptors (Lipinski definition) is 7. The summed E-state index contributed by atoms with van der Waals surface area (Å²) in [4.78, 5) is 36.7. The molecule has 2 fully saturated rings. The van der Waals surface area contributed by atoms with Crippen LogP contribution in [0.2, 0.25) is 0 Å². The molecule has 3 heterocycles. The lowest BCUT2D eigenvalue weighted by Crippen LogP contribution is -2.62. The Hall–Kier alpha value is -3.69. The van der Waals surface area contributed by atoms with Crippen molar-refractivity contribution in [1.82, 2.24) is 20.3 Å². The van der Waals surface area contributed by atoms with Crippen LogP contribution in [0.5, 0.6) is 5.75 Å². The first-order valence-corrected chi connectivity index (χ1v) is 12.3. The van der Waals surface area contributed by atoms with Gasteiger partial charge in [-0.1, -0.05) is 30.3 Å². The van der Waals surface area contributed by atoms with Crippen molar-refractivity contribution in [2.75, 3.05) is 44.7 Å². The number of nitrogens with zero attached hydrogens (tertiary/aromatic N) is 4. The zero-order valence-electron chi connectivity index (χ0n) is 20.3. The Morgan fingerprint density at radius 2 is 1.72 bits per heavy atom. The molecular formula is C27H31N5O4. The van der Waals surface area contributed by atoms with E-state index in [1.165, 1.54) is 0 Å². The lowest BCUT2D eigenvalue weighted by Gasteiger charge is -2.44. The van der Waals surface area contributed by atoms with Crippen LogP contribution in [-0.2, 0) is 9.59 Å². The van der Waals surface area contributed by atoms with Crippen molar-refractivity contribution in [3.8, 4) is 5.75 Å². The summed E-state index contributed by atoms with van der Waals surface area (Å²) in [6, 6.07) is 19.0. The molecule has 0 saturated carbocycles. The van der Waals surface area contributed by atoms with Gasteiger partial charge >= 0.3 is 0 Å². The molecular weight excluding hydrogens is 458 g/mol. The molecule has 1 aromatic heterocycles. The van der Waals surface area contributed by atoms with Crippen molar-refractivity contribution in [3.63, 3.8) is 0 Å². The number of nitrogens with one attached hydrogen (secondary N) is 1. The number of pyridine rings is 1. The molecule has 2 aliphatic heterocycles. The molecule has 2 aromatic carbocycles. The van der Waals surface area contributed by atoms with Gasteiger partial charge in [0.15, 0.2) is 0 Å². The number of amides is 2. The molecule has 5 rings (SSSR count).